The van der Waals surface area contributed by atoms with Gasteiger partial charge in [0.05, 0.1) is 4.88 Å². The van der Waals surface area contributed by atoms with Gasteiger partial charge in [-0.3, -0.25) is 9.59 Å². The molecule has 1 aromatic heterocycles. The molecule has 3 rings (SSSR count). The van der Waals surface area contributed by atoms with Gasteiger partial charge in [-0.15, -0.1) is 11.3 Å². The van der Waals surface area contributed by atoms with E-state index in [1.165, 1.54) is 16.2 Å². The van der Waals surface area contributed by atoms with Gasteiger partial charge in [0, 0.05) is 25.0 Å². The molecule has 1 aromatic carbocycles. The molecule has 5 nitrogen and oxygen atoms in total. The number of fused-ring (bicyclic) bond motifs is 1. The second-order valence-electron chi connectivity index (χ2n) is 5.63. The van der Waals surface area contributed by atoms with Gasteiger partial charge in [0.2, 0.25) is 5.91 Å². The summed E-state index contributed by atoms with van der Waals surface area (Å²) >= 11 is 1.38. The molecule has 0 atom stereocenters. The van der Waals surface area contributed by atoms with Crippen LogP contribution in [-0.4, -0.2) is 36.9 Å². The molecule has 23 heavy (non-hydrogen) atoms. The van der Waals surface area contributed by atoms with Crippen molar-refractivity contribution in [2.24, 2.45) is 0 Å². The van der Waals surface area contributed by atoms with E-state index in [2.05, 4.69) is 0 Å². The summed E-state index contributed by atoms with van der Waals surface area (Å²) in [7, 11) is 1.66. The molecule has 1 aliphatic heterocycles. The molecule has 0 spiro atoms. The summed E-state index contributed by atoms with van der Waals surface area (Å²) in [4.78, 5) is 28.8. The van der Waals surface area contributed by atoms with E-state index < -0.39 is 0 Å². The van der Waals surface area contributed by atoms with Crippen molar-refractivity contribution in [3.05, 3.63) is 46.2 Å². The maximum absolute atomic E-state index is 12.7. The van der Waals surface area contributed by atoms with Crippen molar-refractivity contribution < 1.29 is 9.59 Å². The Labute approximate surface area is 139 Å². The first-order valence-corrected chi connectivity index (χ1v) is 8.42. The van der Waals surface area contributed by atoms with Crippen LogP contribution in [0.5, 0.6) is 0 Å². The second kappa shape index (κ2) is 6.42. The molecule has 1 aliphatic rings. The highest BCUT2D eigenvalue weighted by atomic mass is 32.1. The lowest BCUT2D eigenvalue weighted by Crippen LogP contribution is -2.43. The minimum absolute atomic E-state index is 0.0605. The predicted octanol–water partition coefficient (Wildman–Crippen LogP) is 2.38. The molecule has 120 valence electrons. The molecule has 0 saturated heterocycles. The second-order valence-corrected chi connectivity index (χ2v) is 6.58. The number of rotatable bonds is 3. The van der Waals surface area contributed by atoms with Gasteiger partial charge in [0.15, 0.2) is 0 Å². The van der Waals surface area contributed by atoms with Crippen molar-refractivity contribution in [3.8, 4) is 0 Å². The summed E-state index contributed by atoms with van der Waals surface area (Å²) < 4.78 is 0. The van der Waals surface area contributed by atoms with E-state index in [0.717, 1.165) is 29.8 Å². The Kier molecular flexibility index (Phi) is 4.34. The number of nitrogens with two attached hydrogens (primary N) is 1. The van der Waals surface area contributed by atoms with Gasteiger partial charge in [0.1, 0.15) is 6.54 Å². The van der Waals surface area contributed by atoms with Crippen LogP contribution >= 0.6 is 11.3 Å². The summed E-state index contributed by atoms with van der Waals surface area (Å²) in [5.41, 5.74) is 8.64. The highest BCUT2D eigenvalue weighted by molar-refractivity contribution is 7.12. The number of benzene rings is 1. The van der Waals surface area contributed by atoms with Crippen LogP contribution in [-0.2, 0) is 11.2 Å². The number of thiophene rings is 1. The fourth-order valence-electron chi connectivity index (χ4n) is 2.86. The van der Waals surface area contributed by atoms with Crippen LogP contribution in [0.4, 0.5) is 11.4 Å². The molecule has 0 unspecified atom stereocenters. The summed E-state index contributed by atoms with van der Waals surface area (Å²) in [5, 5.41) is 1.85. The third kappa shape index (κ3) is 3.07. The van der Waals surface area contributed by atoms with E-state index in [0.29, 0.717) is 11.4 Å². The Balaban J connectivity index is 1.75. The first kappa shape index (κ1) is 15.6. The molecule has 0 saturated carbocycles. The van der Waals surface area contributed by atoms with Crippen molar-refractivity contribution in [1.29, 1.82) is 0 Å². The van der Waals surface area contributed by atoms with Crippen LogP contribution in [0, 0.1) is 0 Å². The van der Waals surface area contributed by atoms with Gasteiger partial charge in [-0.25, -0.2) is 0 Å². The topological polar surface area (TPSA) is 66.6 Å². The van der Waals surface area contributed by atoms with E-state index in [-0.39, 0.29) is 18.4 Å². The summed E-state index contributed by atoms with van der Waals surface area (Å²) in [6.45, 7) is 0.724. The number of nitrogens with zero attached hydrogens (tertiary/aromatic N) is 2. The zero-order valence-corrected chi connectivity index (χ0v) is 13.8. The minimum Gasteiger partial charge on any atom is -0.398 e. The molecule has 2 N–H and O–H groups in total. The normalized spacial score (nSPS) is 13.5. The number of carbonyl (C=O) groups excluding carboxylic acids is 2. The number of hydrogen-bond donors (Lipinski definition) is 1. The Morgan fingerprint density at radius 1 is 1.30 bits per heavy atom. The standard InChI is InChI=1S/C17H19N3O2S/c1-19(17(22)15-8-4-10-23-15)11-16(21)20-9-3-5-12-13(18)6-2-7-14(12)20/h2,4,6-8,10H,3,5,9,11,18H2,1H3. The van der Waals surface area contributed by atoms with Gasteiger partial charge in [-0.05, 0) is 42.0 Å². The van der Waals surface area contributed by atoms with Crippen LogP contribution in [0.1, 0.15) is 21.7 Å². The number of likely N-dealkylation sites (N-methyl/N-ethyl adjacent to an activating group) is 1. The molecule has 2 aromatic rings. The molecule has 6 heteroatoms. The SMILES string of the molecule is CN(CC(=O)N1CCCc2c(N)cccc21)C(=O)c1cccs1. The van der Waals surface area contributed by atoms with Crippen molar-refractivity contribution in [2.45, 2.75) is 12.8 Å². The van der Waals surface area contributed by atoms with Gasteiger partial charge < -0.3 is 15.5 Å². The number of nitrogen functional groups attached to an aromatic ring is 1. The largest absolute Gasteiger partial charge is 0.398 e. The first-order valence-electron chi connectivity index (χ1n) is 7.54. The van der Waals surface area contributed by atoms with E-state index in [1.807, 2.05) is 29.6 Å². The summed E-state index contributed by atoms with van der Waals surface area (Å²) in [5.74, 6) is -0.206. The molecule has 0 aliphatic carbocycles. The van der Waals surface area contributed by atoms with Crippen LogP contribution in [0.15, 0.2) is 35.7 Å². The number of carbonyl (C=O) groups is 2. The predicted molar refractivity (Wildman–Crippen MR) is 92.8 cm³/mol. The third-order valence-corrected chi connectivity index (χ3v) is 4.90. The molecule has 2 heterocycles. The molecule has 2 amide bonds. The lowest BCUT2D eigenvalue weighted by molar-refractivity contribution is -0.119. The van der Waals surface area contributed by atoms with Gasteiger partial charge in [-0.2, -0.15) is 0 Å². The number of anilines is 2. The highest BCUT2D eigenvalue weighted by Gasteiger charge is 2.25. The van der Waals surface area contributed by atoms with Crippen LogP contribution in [0.2, 0.25) is 0 Å². The zero-order valence-electron chi connectivity index (χ0n) is 13.0. The molecular weight excluding hydrogens is 310 g/mol. The van der Waals surface area contributed by atoms with Crippen LogP contribution in [0.3, 0.4) is 0 Å². The minimum atomic E-state index is -0.127. The average molecular weight is 329 g/mol. The smallest absolute Gasteiger partial charge is 0.264 e. The van der Waals surface area contributed by atoms with Gasteiger partial charge in [-0.1, -0.05) is 12.1 Å². The van der Waals surface area contributed by atoms with E-state index in [1.54, 1.807) is 18.0 Å². The van der Waals surface area contributed by atoms with Crippen LogP contribution in [0.25, 0.3) is 0 Å². The van der Waals surface area contributed by atoms with Crippen molar-refractivity contribution in [2.75, 3.05) is 30.8 Å². The Morgan fingerprint density at radius 2 is 2.13 bits per heavy atom. The van der Waals surface area contributed by atoms with E-state index in [4.69, 9.17) is 5.73 Å². The zero-order chi connectivity index (χ0) is 16.4. The highest BCUT2D eigenvalue weighted by Crippen LogP contribution is 2.31. The fraction of sp³-hybridized carbons (Fsp3) is 0.294. The van der Waals surface area contributed by atoms with Crippen molar-refractivity contribution in [1.82, 2.24) is 4.90 Å². The fourth-order valence-corrected chi connectivity index (χ4v) is 3.58. The Hall–Kier alpha value is -2.34. The molecule has 0 fully saturated rings. The van der Waals surface area contributed by atoms with Gasteiger partial charge >= 0.3 is 0 Å². The average Bonchev–Trinajstić information content (AvgIpc) is 3.08. The first-order chi connectivity index (χ1) is 11.1. The van der Waals surface area contributed by atoms with E-state index in [9.17, 15) is 9.59 Å². The van der Waals surface area contributed by atoms with Crippen molar-refractivity contribution >= 4 is 34.5 Å². The summed E-state index contributed by atoms with van der Waals surface area (Å²) in [6.07, 6.45) is 1.77. The number of hydrogen-bond acceptors (Lipinski definition) is 4. The van der Waals surface area contributed by atoms with Crippen LogP contribution < -0.4 is 10.6 Å². The van der Waals surface area contributed by atoms with E-state index >= 15 is 0 Å². The monoisotopic (exact) mass is 329 g/mol. The molecular formula is C17H19N3O2S. The lowest BCUT2D eigenvalue weighted by Gasteiger charge is -2.31. The third-order valence-electron chi connectivity index (χ3n) is 4.04. The molecule has 0 bridgehead atoms. The Morgan fingerprint density at radius 3 is 2.87 bits per heavy atom. The number of amides is 2. The summed E-state index contributed by atoms with van der Waals surface area (Å²) in [6, 6.07) is 9.24. The lowest BCUT2D eigenvalue weighted by atomic mass is 10.00. The van der Waals surface area contributed by atoms with Gasteiger partial charge in [0.25, 0.3) is 5.91 Å². The quantitative estimate of drug-likeness (QED) is 0.879. The maximum Gasteiger partial charge on any atom is 0.264 e. The molecule has 0 radical (unpaired) electrons. The Bertz CT molecular complexity index is 727. The van der Waals surface area contributed by atoms with Crippen molar-refractivity contribution in [3.63, 3.8) is 0 Å². The maximum atomic E-state index is 12.7.